The molecule has 3 aromatic rings. The number of carbonyl (C=O) groups is 2. The fourth-order valence-corrected chi connectivity index (χ4v) is 4.17. The highest BCUT2D eigenvalue weighted by Crippen LogP contribution is 2.29. The van der Waals surface area contributed by atoms with Crippen LogP contribution in [0.2, 0.25) is 0 Å². The quantitative estimate of drug-likeness (QED) is 0.400. The second-order valence-electron chi connectivity index (χ2n) is 8.88. The lowest BCUT2D eigenvalue weighted by molar-refractivity contribution is -0.133. The van der Waals surface area contributed by atoms with Crippen molar-refractivity contribution in [2.24, 2.45) is 7.05 Å². The molecule has 0 spiro atoms. The van der Waals surface area contributed by atoms with Crippen molar-refractivity contribution in [1.82, 2.24) is 14.4 Å². The number of benzene rings is 2. The number of amides is 2. The molecule has 2 amide bonds. The van der Waals surface area contributed by atoms with Gasteiger partial charge in [-0.3, -0.25) is 9.59 Å². The zero-order valence-electron chi connectivity index (χ0n) is 20.0. The van der Waals surface area contributed by atoms with Gasteiger partial charge in [-0.25, -0.2) is 0 Å². The molecule has 6 heteroatoms. The molecule has 1 fully saturated rings. The molecule has 2 aromatic carbocycles. The maximum absolute atomic E-state index is 13.4. The van der Waals surface area contributed by atoms with Gasteiger partial charge in [0, 0.05) is 50.8 Å². The smallest absolute Gasteiger partial charge is 0.254 e. The Hall–Kier alpha value is -3.38. The van der Waals surface area contributed by atoms with Gasteiger partial charge < -0.3 is 19.1 Å². The highest BCUT2D eigenvalue weighted by molar-refractivity contribution is 5.97. The number of hydrogen-bond donors (Lipinski definition) is 0. The van der Waals surface area contributed by atoms with Crippen molar-refractivity contribution in [3.63, 3.8) is 0 Å². The van der Waals surface area contributed by atoms with Crippen LogP contribution in [0.5, 0.6) is 0 Å². The Bertz CT molecular complexity index is 1090. The van der Waals surface area contributed by atoms with Crippen LogP contribution >= 0.6 is 0 Å². The lowest BCUT2D eigenvalue weighted by Crippen LogP contribution is -2.44. The van der Waals surface area contributed by atoms with E-state index in [1.54, 1.807) is 12.0 Å². The highest BCUT2D eigenvalue weighted by Gasteiger charge is 2.34. The van der Waals surface area contributed by atoms with Crippen LogP contribution in [-0.2, 0) is 23.1 Å². The van der Waals surface area contributed by atoms with E-state index in [1.807, 2.05) is 89.4 Å². The first kappa shape index (κ1) is 23.8. The highest BCUT2D eigenvalue weighted by atomic mass is 16.5. The van der Waals surface area contributed by atoms with Crippen molar-refractivity contribution in [2.75, 3.05) is 26.8 Å². The lowest BCUT2D eigenvalue weighted by atomic mass is 10.0. The van der Waals surface area contributed by atoms with Gasteiger partial charge in [-0.05, 0) is 54.7 Å². The summed E-state index contributed by atoms with van der Waals surface area (Å²) in [5.41, 5.74) is 3.84. The van der Waals surface area contributed by atoms with Gasteiger partial charge in [0.05, 0.1) is 6.54 Å². The zero-order valence-corrected chi connectivity index (χ0v) is 20.0. The van der Waals surface area contributed by atoms with Crippen LogP contribution in [0.25, 0.3) is 11.1 Å². The van der Waals surface area contributed by atoms with Gasteiger partial charge in [0.15, 0.2) is 0 Å². The molecule has 0 radical (unpaired) electrons. The third-order valence-corrected chi connectivity index (χ3v) is 6.32. The van der Waals surface area contributed by atoms with Crippen molar-refractivity contribution in [1.29, 1.82) is 0 Å². The summed E-state index contributed by atoms with van der Waals surface area (Å²) in [5.74, 6) is -0.131. The van der Waals surface area contributed by atoms with Crippen LogP contribution in [0.1, 0.15) is 35.3 Å². The largest absolute Gasteiger partial charge is 0.385 e. The van der Waals surface area contributed by atoms with Crippen molar-refractivity contribution in [3.8, 4) is 11.1 Å². The molecular formula is C28H33N3O3. The van der Waals surface area contributed by atoms with Crippen LogP contribution in [0.15, 0.2) is 72.9 Å². The van der Waals surface area contributed by atoms with Crippen LogP contribution < -0.4 is 0 Å². The molecule has 0 saturated heterocycles. The first-order chi connectivity index (χ1) is 16.6. The molecule has 1 heterocycles. The Labute approximate surface area is 201 Å². The summed E-state index contributed by atoms with van der Waals surface area (Å²) >= 11 is 0. The Morgan fingerprint density at radius 2 is 1.68 bits per heavy atom. The van der Waals surface area contributed by atoms with Gasteiger partial charge in [0.2, 0.25) is 5.91 Å². The number of carbonyl (C=O) groups excluding carboxylic acids is 2. The fraction of sp³-hybridized carbons (Fsp3) is 0.357. The zero-order chi connectivity index (χ0) is 23.9. The molecule has 4 rings (SSSR count). The Morgan fingerprint density at radius 3 is 2.29 bits per heavy atom. The molecule has 6 nitrogen and oxygen atoms in total. The monoisotopic (exact) mass is 459 g/mol. The van der Waals surface area contributed by atoms with Crippen LogP contribution in [0.4, 0.5) is 0 Å². The molecule has 1 aromatic heterocycles. The van der Waals surface area contributed by atoms with Gasteiger partial charge in [0.1, 0.15) is 6.54 Å². The summed E-state index contributed by atoms with van der Waals surface area (Å²) in [7, 11) is 3.64. The third-order valence-electron chi connectivity index (χ3n) is 6.32. The van der Waals surface area contributed by atoms with Crippen molar-refractivity contribution < 1.29 is 14.3 Å². The third kappa shape index (κ3) is 5.94. The van der Waals surface area contributed by atoms with Gasteiger partial charge in [0.25, 0.3) is 5.91 Å². The van der Waals surface area contributed by atoms with Crippen LogP contribution in [-0.4, -0.2) is 59.0 Å². The second-order valence-corrected chi connectivity index (χ2v) is 8.88. The molecule has 0 aliphatic heterocycles. The van der Waals surface area contributed by atoms with Crippen molar-refractivity contribution in [3.05, 3.63) is 84.2 Å². The standard InChI is InChI=1S/C28H33N3O3/c1-29-17-6-10-26(29)20-31(25-15-16-25)27(32)21-30(18-7-19-34-2)28(33)24-13-11-23(12-14-24)22-8-4-3-5-9-22/h3-6,8-14,17,25H,7,15-16,18-21H2,1-2H3. The first-order valence-electron chi connectivity index (χ1n) is 11.9. The summed E-state index contributed by atoms with van der Waals surface area (Å²) < 4.78 is 7.23. The molecule has 1 saturated carbocycles. The summed E-state index contributed by atoms with van der Waals surface area (Å²) in [6.07, 6.45) is 4.72. The molecule has 0 atom stereocenters. The van der Waals surface area contributed by atoms with Crippen molar-refractivity contribution >= 4 is 11.8 Å². The minimum absolute atomic E-state index is 0.00428. The molecule has 0 bridgehead atoms. The normalized spacial score (nSPS) is 13.0. The summed E-state index contributed by atoms with van der Waals surface area (Å²) in [5, 5.41) is 0. The van der Waals surface area contributed by atoms with E-state index in [-0.39, 0.29) is 24.4 Å². The minimum Gasteiger partial charge on any atom is -0.385 e. The van der Waals surface area contributed by atoms with Gasteiger partial charge in [-0.2, -0.15) is 0 Å². The Balaban J connectivity index is 1.48. The number of aryl methyl sites for hydroxylation is 1. The Morgan fingerprint density at radius 1 is 0.971 bits per heavy atom. The summed E-state index contributed by atoms with van der Waals surface area (Å²) in [6.45, 7) is 1.66. The second kappa shape index (κ2) is 11.2. The number of aromatic nitrogens is 1. The van der Waals surface area contributed by atoms with E-state index in [0.29, 0.717) is 31.7 Å². The SMILES string of the molecule is COCCCN(CC(=O)N(Cc1cccn1C)C1CC1)C(=O)c1ccc(-c2ccccc2)cc1. The van der Waals surface area contributed by atoms with Crippen LogP contribution in [0.3, 0.4) is 0 Å². The maximum Gasteiger partial charge on any atom is 0.254 e. The molecular weight excluding hydrogens is 426 g/mol. The van der Waals surface area contributed by atoms with E-state index in [9.17, 15) is 9.59 Å². The fourth-order valence-electron chi connectivity index (χ4n) is 4.17. The predicted octanol–water partition coefficient (Wildman–Crippen LogP) is 4.36. The molecule has 1 aliphatic carbocycles. The summed E-state index contributed by atoms with van der Waals surface area (Å²) in [6, 6.07) is 22.0. The molecule has 0 N–H and O–H groups in total. The minimum atomic E-state index is -0.126. The lowest BCUT2D eigenvalue weighted by Gasteiger charge is -2.28. The van der Waals surface area contributed by atoms with Crippen LogP contribution in [0, 0.1) is 0 Å². The van der Waals surface area contributed by atoms with Gasteiger partial charge >= 0.3 is 0 Å². The molecule has 0 unspecified atom stereocenters. The molecule has 178 valence electrons. The number of hydrogen-bond acceptors (Lipinski definition) is 3. The van der Waals surface area contributed by atoms with Gasteiger partial charge in [-0.1, -0.05) is 42.5 Å². The van der Waals surface area contributed by atoms with E-state index < -0.39 is 0 Å². The number of ether oxygens (including phenoxy) is 1. The maximum atomic E-state index is 13.4. The average molecular weight is 460 g/mol. The Kier molecular flexibility index (Phi) is 7.80. The summed E-state index contributed by atoms with van der Waals surface area (Å²) in [4.78, 5) is 30.4. The predicted molar refractivity (Wildman–Crippen MR) is 133 cm³/mol. The number of rotatable bonds is 11. The van der Waals surface area contributed by atoms with Gasteiger partial charge in [-0.15, -0.1) is 0 Å². The number of methoxy groups -OCH3 is 1. The van der Waals surface area contributed by atoms with E-state index in [2.05, 4.69) is 0 Å². The van der Waals surface area contributed by atoms with E-state index in [1.165, 1.54) is 0 Å². The first-order valence-corrected chi connectivity index (χ1v) is 11.9. The average Bonchev–Trinajstić information content (AvgIpc) is 3.63. The molecule has 1 aliphatic rings. The van der Waals surface area contributed by atoms with E-state index in [4.69, 9.17) is 4.74 Å². The number of nitrogens with zero attached hydrogens (tertiary/aromatic N) is 3. The molecule has 34 heavy (non-hydrogen) atoms. The van der Waals surface area contributed by atoms with E-state index >= 15 is 0 Å². The van der Waals surface area contributed by atoms with Crippen molar-refractivity contribution in [2.45, 2.75) is 31.8 Å². The topological polar surface area (TPSA) is 54.8 Å². The van der Waals surface area contributed by atoms with E-state index in [0.717, 1.165) is 29.7 Å².